The number of carbonyl (C=O) groups is 1. The fourth-order valence-electron chi connectivity index (χ4n) is 3.16. The molecule has 1 heterocycles. The van der Waals surface area contributed by atoms with Gasteiger partial charge in [-0.15, -0.1) is 0 Å². The van der Waals surface area contributed by atoms with Crippen LogP contribution in [-0.4, -0.2) is 26.0 Å². The van der Waals surface area contributed by atoms with Gasteiger partial charge in [-0.25, -0.2) is 0 Å². The molecule has 0 bridgehead atoms. The lowest BCUT2D eigenvalue weighted by molar-refractivity contribution is -0.146. The number of hydrogen-bond acceptors (Lipinski definition) is 5. The Morgan fingerprint density at radius 3 is 2.75 bits per heavy atom. The maximum Gasteiger partial charge on any atom is 0.310 e. The van der Waals surface area contributed by atoms with E-state index in [-0.39, 0.29) is 36.6 Å². The average Bonchev–Trinajstić information content (AvgIpc) is 2.87. The van der Waals surface area contributed by atoms with Crippen molar-refractivity contribution < 1.29 is 23.7 Å². The minimum Gasteiger partial charge on any atom is -0.490 e. The van der Waals surface area contributed by atoms with Gasteiger partial charge in [-0.2, -0.15) is 0 Å². The largest absolute Gasteiger partial charge is 0.490 e. The van der Waals surface area contributed by atoms with E-state index in [1.54, 1.807) is 12.1 Å². The van der Waals surface area contributed by atoms with Crippen LogP contribution in [0.2, 0.25) is 0 Å². The van der Waals surface area contributed by atoms with E-state index in [4.69, 9.17) is 18.9 Å². The molecule has 3 rings (SSSR count). The molecule has 1 fully saturated rings. The molecule has 0 radical (unpaired) electrons. The first-order chi connectivity index (χ1) is 11.4. The standard InChI is InChI=1S/C19H24O5/c1-12(2)9-14-17(19(14,3)4)18(20)22-8-7-21-13-5-6-15-16(10-13)24-11-23-15/h5-6,9-10,14,17H,7-8,11H2,1-4H3. The zero-order valence-electron chi connectivity index (χ0n) is 14.6. The van der Waals surface area contributed by atoms with Crippen LogP contribution in [0.5, 0.6) is 17.2 Å². The van der Waals surface area contributed by atoms with E-state index in [1.165, 1.54) is 5.57 Å². The predicted octanol–water partition coefficient (Wildman–Crippen LogP) is 3.58. The van der Waals surface area contributed by atoms with Crippen LogP contribution in [0.4, 0.5) is 0 Å². The third-order valence-corrected chi connectivity index (χ3v) is 4.62. The number of carbonyl (C=O) groups excluding carboxylic acids is 1. The highest BCUT2D eigenvalue weighted by Gasteiger charge is 2.61. The highest BCUT2D eigenvalue weighted by molar-refractivity contribution is 5.78. The normalized spacial score (nSPS) is 22.7. The van der Waals surface area contributed by atoms with Crippen molar-refractivity contribution in [3.8, 4) is 17.2 Å². The molecular weight excluding hydrogens is 308 g/mol. The van der Waals surface area contributed by atoms with Crippen LogP contribution in [0, 0.1) is 17.3 Å². The molecule has 5 nitrogen and oxygen atoms in total. The molecule has 0 N–H and O–H groups in total. The Morgan fingerprint density at radius 2 is 2.00 bits per heavy atom. The van der Waals surface area contributed by atoms with Gasteiger partial charge >= 0.3 is 5.97 Å². The molecule has 5 heteroatoms. The molecule has 0 saturated heterocycles. The molecule has 2 aliphatic rings. The maximum atomic E-state index is 12.2. The van der Waals surface area contributed by atoms with Gasteiger partial charge in [0.2, 0.25) is 6.79 Å². The molecule has 1 aliphatic heterocycles. The zero-order valence-corrected chi connectivity index (χ0v) is 14.6. The highest BCUT2D eigenvalue weighted by Crippen LogP contribution is 2.59. The van der Waals surface area contributed by atoms with Crippen molar-refractivity contribution in [1.82, 2.24) is 0 Å². The third kappa shape index (κ3) is 3.35. The summed E-state index contributed by atoms with van der Waals surface area (Å²) in [5, 5.41) is 0. The molecular formula is C19H24O5. The van der Waals surface area contributed by atoms with E-state index in [2.05, 4.69) is 33.8 Å². The third-order valence-electron chi connectivity index (χ3n) is 4.62. The lowest BCUT2D eigenvalue weighted by Gasteiger charge is -2.08. The molecule has 2 unspecified atom stereocenters. The second-order valence-corrected chi connectivity index (χ2v) is 7.10. The molecule has 0 spiro atoms. The van der Waals surface area contributed by atoms with E-state index < -0.39 is 0 Å². The van der Waals surface area contributed by atoms with Gasteiger partial charge in [0.05, 0.1) is 5.92 Å². The number of allylic oxidation sites excluding steroid dienone is 2. The van der Waals surface area contributed by atoms with Crippen LogP contribution in [0.1, 0.15) is 27.7 Å². The van der Waals surface area contributed by atoms with Gasteiger partial charge < -0.3 is 18.9 Å². The summed E-state index contributed by atoms with van der Waals surface area (Å²) in [6.07, 6.45) is 2.16. The molecule has 0 amide bonds. The SMILES string of the molecule is CC(C)=CC1C(C(=O)OCCOc2ccc3c(c2)OCO3)C1(C)C. The van der Waals surface area contributed by atoms with Gasteiger partial charge in [-0.3, -0.25) is 4.79 Å². The number of hydrogen-bond donors (Lipinski definition) is 0. The van der Waals surface area contributed by atoms with Crippen molar-refractivity contribution in [2.75, 3.05) is 20.0 Å². The Kier molecular flexibility index (Phi) is 4.43. The average molecular weight is 332 g/mol. The quantitative estimate of drug-likeness (QED) is 0.453. The summed E-state index contributed by atoms with van der Waals surface area (Å²) in [6, 6.07) is 5.39. The number of ether oxygens (including phenoxy) is 4. The monoisotopic (exact) mass is 332 g/mol. The highest BCUT2D eigenvalue weighted by atomic mass is 16.7. The Morgan fingerprint density at radius 1 is 1.25 bits per heavy atom. The number of benzene rings is 1. The Bertz CT molecular complexity index is 658. The molecule has 2 atom stereocenters. The van der Waals surface area contributed by atoms with Crippen molar-refractivity contribution in [1.29, 1.82) is 0 Å². The number of fused-ring (bicyclic) bond motifs is 1. The summed E-state index contributed by atoms with van der Waals surface area (Å²) < 4.78 is 21.5. The van der Waals surface area contributed by atoms with E-state index >= 15 is 0 Å². The summed E-state index contributed by atoms with van der Waals surface area (Å²) in [5.74, 6) is 2.13. The van der Waals surface area contributed by atoms with E-state index in [1.807, 2.05) is 6.07 Å². The zero-order chi connectivity index (χ0) is 17.3. The first kappa shape index (κ1) is 16.7. The molecule has 1 saturated carbocycles. The summed E-state index contributed by atoms with van der Waals surface area (Å²) in [6.45, 7) is 9.10. The Balaban J connectivity index is 1.44. The smallest absolute Gasteiger partial charge is 0.310 e. The summed E-state index contributed by atoms with van der Waals surface area (Å²) in [5.41, 5.74) is 1.21. The van der Waals surface area contributed by atoms with Crippen molar-refractivity contribution >= 4 is 5.97 Å². The summed E-state index contributed by atoms with van der Waals surface area (Å²) in [4.78, 5) is 12.2. The molecule has 1 aliphatic carbocycles. The number of rotatable bonds is 6. The van der Waals surface area contributed by atoms with Gasteiger partial charge in [0.1, 0.15) is 19.0 Å². The molecule has 0 aromatic heterocycles. The minimum absolute atomic E-state index is 0.0213. The minimum atomic E-state index is -0.142. The lowest BCUT2D eigenvalue weighted by atomic mass is 10.1. The van der Waals surface area contributed by atoms with Crippen LogP contribution >= 0.6 is 0 Å². The van der Waals surface area contributed by atoms with Crippen molar-refractivity contribution in [2.24, 2.45) is 17.3 Å². The predicted molar refractivity (Wildman–Crippen MR) is 89.2 cm³/mol. The topological polar surface area (TPSA) is 54.0 Å². The van der Waals surface area contributed by atoms with Gasteiger partial charge in [-0.05, 0) is 37.3 Å². The summed E-state index contributed by atoms with van der Waals surface area (Å²) in [7, 11) is 0. The van der Waals surface area contributed by atoms with Gasteiger partial charge in [0, 0.05) is 6.07 Å². The summed E-state index contributed by atoms with van der Waals surface area (Å²) >= 11 is 0. The van der Waals surface area contributed by atoms with E-state index in [0.29, 0.717) is 18.1 Å². The van der Waals surface area contributed by atoms with Crippen molar-refractivity contribution in [3.63, 3.8) is 0 Å². The maximum absolute atomic E-state index is 12.2. The van der Waals surface area contributed by atoms with Gasteiger partial charge in [0.25, 0.3) is 0 Å². The fourth-order valence-corrected chi connectivity index (χ4v) is 3.16. The van der Waals surface area contributed by atoms with Crippen LogP contribution < -0.4 is 14.2 Å². The molecule has 130 valence electrons. The van der Waals surface area contributed by atoms with Crippen LogP contribution in [0.25, 0.3) is 0 Å². The van der Waals surface area contributed by atoms with E-state index in [9.17, 15) is 4.79 Å². The lowest BCUT2D eigenvalue weighted by Crippen LogP contribution is -2.15. The van der Waals surface area contributed by atoms with Gasteiger partial charge in [-0.1, -0.05) is 25.5 Å². The number of esters is 1. The van der Waals surface area contributed by atoms with Crippen LogP contribution in [0.15, 0.2) is 29.8 Å². The van der Waals surface area contributed by atoms with Crippen molar-refractivity contribution in [3.05, 3.63) is 29.8 Å². The van der Waals surface area contributed by atoms with E-state index in [0.717, 1.165) is 5.75 Å². The Hall–Kier alpha value is -2.17. The fraction of sp³-hybridized carbons (Fsp3) is 0.526. The molecule has 24 heavy (non-hydrogen) atoms. The van der Waals surface area contributed by atoms with Gasteiger partial charge in [0.15, 0.2) is 11.5 Å². The van der Waals surface area contributed by atoms with Crippen LogP contribution in [0.3, 0.4) is 0 Å². The molecule has 1 aromatic rings. The first-order valence-corrected chi connectivity index (χ1v) is 8.23. The first-order valence-electron chi connectivity index (χ1n) is 8.23. The Labute approximate surface area is 142 Å². The van der Waals surface area contributed by atoms with Crippen LogP contribution in [-0.2, 0) is 9.53 Å². The molecule has 1 aromatic carbocycles. The second kappa shape index (κ2) is 6.38. The second-order valence-electron chi connectivity index (χ2n) is 7.10. The van der Waals surface area contributed by atoms with Crippen molar-refractivity contribution in [2.45, 2.75) is 27.7 Å².